The standard InChI is InChI=1S/C17H23N3S/c1-4-5-17-18-9-14-6-7-20(11-16(14)19-17)10-15-8-12(2)13(3)21-15/h8-9H,4-7,10-11H2,1-3H3. The van der Waals surface area contributed by atoms with E-state index in [9.17, 15) is 0 Å². The van der Waals surface area contributed by atoms with E-state index in [0.717, 1.165) is 44.7 Å². The second kappa shape index (κ2) is 6.24. The lowest BCUT2D eigenvalue weighted by atomic mass is 10.1. The molecular weight excluding hydrogens is 278 g/mol. The molecule has 0 saturated carbocycles. The van der Waals surface area contributed by atoms with Gasteiger partial charge in [-0.25, -0.2) is 9.97 Å². The van der Waals surface area contributed by atoms with Crippen molar-refractivity contribution in [1.82, 2.24) is 14.9 Å². The van der Waals surface area contributed by atoms with Gasteiger partial charge in [0.2, 0.25) is 0 Å². The maximum atomic E-state index is 4.77. The molecule has 0 bridgehead atoms. The molecule has 0 radical (unpaired) electrons. The minimum absolute atomic E-state index is 0.963. The third-order valence-electron chi connectivity index (χ3n) is 4.14. The van der Waals surface area contributed by atoms with Gasteiger partial charge in [-0.2, -0.15) is 0 Å². The van der Waals surface area contributed by atoms with Gasteiger partial charge < -0.3 is 0 Å². The minimum Gasteiger partial charge on any atom is -0.292 e. The van der Waals surface area contributed by atoms with Crippen molar-refractivity contribution in [1.29, 1.82) is 0 Å². The molecule has 4 heteroatoms. The summed E-state index contributed by atoms with van der Waals surface area (Å²) in [6.07, 6.45) is 5.21. The maximum absolute atomic E-state index is 4.77. The van der Waals surface area contributed by atoms with Gasteiger partial charge in [0, 0.05) is 42.0 Å². The van der Waals surface area contributed by atoms with Crippen LogP contribution in [0.25, 0.3) is 0 Å². The van der Waals surface area contributed by atoms with Crippen molar-refractivity contribution in [2.24, 2.45) is 0 Å². The number of thiophene rings is 1. The Kier molecular flexibility index (Phi) is 4.36. The summed E-state index contributed by atoms with van der Waals surface area (Å²) in [5, 5.41) is 0. The molecule has 1 aliphatic heterocycles. The zero-order valence-electron chi connectivity index (χ0n) is 13.1. The summed E-state index contributed by atoms with van der Waals surface area (Å²) in [5.41, 5.74) is 3.99. The highest BCUT2D eigenvalue weighted by atomic mass is 32.1. The van der Waals surface area contributed by atoms with E-state index in [1.807, 2.05) is 17.5 Å². The molecule has 0 fully saturated rings. The summed E-state index contributed by atoms with van der Waals surface area (Å²) < 4.78 is 0. The fourth-order valence-corrected chi connectivity index (χ4v) is 3.92. The van der Waals surface area contributed by atoms with Gasteiger partial charge >= 0.3 is 0 Å². The Hall–Kier alpha value is -1.26. The molecule has 3 nitrogen and oxygen atoms in total. The Morgan fingerprint density at radius 3 is 2.90 bits per heavy atom. The van der Waals surface area contributed by atoms with Crippen LogP contribution >= 0.6 is 11.3 Å². The third-order valence-corrected chi connectivity index (χ3v) is 5.28. The molecule has 0 saturated heterocycles. The summed E-state index contributed by atoms with van der Waals surface area (Å²) in [5.74, 6) is 1.00. The molecule has 0 atom stereocenters. The number of rotatable bonds is 4. The van der Waals surface area contributed by atoms with Gasteiger partial charge in [-0.05, 0) is 43.9 Å². The van der Waals surface area contributed by atoms with Crippen LogP contribution in [-0.2, 0) is 25.9 Å². The molecule has 3 heterocycles. The minimum atomic E-state index is 0.963. The van der Waals surface area contributed by atoms with E-state index in [0.29, 0.717) is 0 Å². The van der Waals surface area contributed by atoms with Crippen molar-refractivity contribution < 1.29 is 0 Å². The van der Waals surface area contributed by atoms with Crippen molar-refractivity contribution >= 4 is 11.3 Å². The Morgan fingerprint density at radius 1 is 1.33 bits per heavy atom. The quantitative estimate of drug-likeness (QED) is 0.863. The summed E-state index contributed by atoms with van der Waals surface area (Å²) >= 11 is 1.93. The molecule has 0 spiro atoms. The summed E-state index contributed by atoms with van der Waals surface area (Å²) in [7, 11) is 0. The van der Waals surface area contributed by atoms with Gasteiger partial charge in [-0.1, -0.05) is 6.92 Å². The topological polar surface area (TPSA) is 29.0 Å². The lowest BCUT2D eigenvalue weighted by Crippen LogP contribution is -2.31. The largest absolute Gasteiger partial charge is 0.292 e. The van der Waals surface area contributed by atoms with Gasteiger partial charge in [-0.3, -0.25) is 4.90 Å². The maximum Gasteiger partial charge on any atom is 0.128 e. The van der Waals surface area contributed by atoms with Crippen molar-refractivity contribution in [3.8, 4) is 0 Å². The molecule has 2 aromatic heterocycles. The van der Waals surface area contributed by atoms with Crippen LogP contribution in [0.1, 0.15) is 45.7 Å². The zero-order chi connectivity index (χ0) is 14.8. The highest BCUT2D eigenvalue weighted by molar-refractivity contribution is 7.12. The van der Waals surface area contributed by atoms with Crippen molar-refractivity contribution in [2.75, 3.05) is 6.54 Å². The Morgan fingerprint density at radius 2 is 2.19 bits per heavy atom. The molecule has 0 aromatic carbocycles. The predicted octanol–water partition coefficient (Wildman–Crippen LogP) is 3.67. The van der Waals surface area contributed by atoms with Crippen LogP contribution < -0.4 is 0 Å². The van der Waals surface area contributed by atoms with Crippen LogP contribution in [-0.4, -0.2) is 21.4 Å². The highest BCUT2D eigenvalue weighted by Gasteiger charge is 2.19. The molecule has 21 heavy (non-hydrogen) atoms. The zero-order valence-corrected chi connectivity index (χ0v) is 14.0. The highest BCUT2D eigenvalue weighted by Crippen LogP contribution is 2.24. The van der Waals surface area contributed by atoms with E-state index in [4.69, 9.17) is 4.98 Å². The number of hydrogen-bond acceptors (Lipinski definition) is 4. The Labute approximate surface area is 131 Å². The fraction of sp³-hybridized carbons (Fsp3) is 0.529. The molecule has 0 amide bonds. The lowest BCUT2D eigenvalue weighted by Gasteiger charge is -2.27. The van der Waals surface area contributed by atoms with Crippen molar-refractivity contribution in [3.05, 3.63) is 44.7 Å². The number of nitrogens with zero attached hydrogens (tertiary/aromatic N) is 3. The van der Waals surface area contributed by atoms with Crippen LogP contribution in [0.4, 0.5) is 0 Å². The first-order chi connectivity index (χ1) is 10.2. The van der Waals surface area contributed by atoms with Gasteiger partial charge in [0.05, 0.1) is 5.69 Å². The summed E-state index contributed by atoms with van der Waals surface area (Å²) in [6.45, 7) is 9.71. The Bertz CT molecular complexity index is 613. The van der Waals surface area contributed by atoms with Crippen LogP contribution in [0.3, 0.4) is 0 Å². The van der Waals surface area contributed by atoms with Crippen molar-refractivity contribution in [2.45, 2.75) is 53.1 Å². The molecule has 0 N–H and O–H groups in total. The van der Waals surface area contributed by atoms with Crippen LogP contribution in [0, 0.1) is 13.8 Å². The van der Waals surface area contributed by atoms with Gasteiger partial charge in [0.25, 0.3) is 0 Å². The smallest absolute Gasteiger partial charge is 0.128 e. The average Bonchev–Trinajstić information content (AvgIpc) is 2.77. The number of fused-ring (bicyclic) bond motifs is 1. The number of aryl methyl sites for hydroxylation is 3. The molecule has 0 aliphatic carbocycles. The summed E-state index contributed by atoms with van der Waals surface area (Å²) in [6, 6.07) is 2.33. The first-order valence-electron chi connectivity index (χ1n) is 7.77. The van der Waals surface area contributed by atoms with Crippen LogP contribution in [0.5, 0.6) is 0 Å². The van der Waals surface area contributed by atoms with E-state index in [-0.39, 0.29) is 0 Å². The molecule has 3 rings (SSSR count). The lowest BCUT2D eigenvalue weighted by molar-refractivity contribution is 0.243. The molecule has 1 aliphatic rings. The van der Waals surface area contributed by atoms with Gasteiger partial charge in [0.1, 0.15) is 5.82 Å². The van der Waals surface area contributed by atoms with Crippen LogP contribution in [0.2, 0.25) is 0 Å². The van der Waals surface area contributed by atoms with E-state index in [1.165, 1.54) is 26.6 Å². The normalized spacial score (nSPS) is 15.2. The SMILES string of the molecule is CCCc1ncc2c(n1)CN(Cc1cc(C)c(C)s1)CC2. The molecule has 112 valence electrons. The van der Waals surface area contributed by atoms with E-state index >= 15 is 0 Å². The third kappa shape index (κ3) is 3.33. The van der Waals surface area contributed by atoms with E-state index in [2.05, 4.69) is 36.7 Å². The average molecular weight is 301 g/mol. The number of hydrogen-bond donors (Lipinski definition) is 0. The second-order valence-corrected chi connectivity index (χ2v) is 7.26. The molecule has 2 aromatic rings. The Balaban J connectivity index is 1.72. The van der Waals surface area contributed by atoms with Gasteiger partial charge in [-0.15, -0.1) is 11.3 Å². The van der Waals surface area contributed by atoms with Gasteiger partial charge in [0.15, 0.2) is 0 Å². The first-order valence-corrected chi connectivity index (χ1v) is 8.59. The summed E-state index contributed by atoms with van der Waals surface area (Å²) in [4.78, 5) is 14.7. The number of aromatic nitrogens is 2. The predicted molar refractivity (Wildman–Crippen MR) is 87.6 cm³/mol. The first kappa shape index (κ1) is 14.7. The monoisotopic (exact) mass is 301 g/mol. The molecular formula is C17H23N3S. The second-order valence-electron chi connectivity index (χ2n) is 5.92. The molecule has 0 unspecified atom stereocenters. The van der Waals surface area contributed by atoms with Crippen LogP contribution in [0.15, 0.2) is 12.3 Å². The van der Waals surface area contributed by atoms with E-state index in [1.54, 1.807) is 0 Å². The fourth-order valence-electron chi connectivity index (χ4n) is 2.83. The van der Waals surface area contributed by atoms with Crippen molar-refractivity contribution in [3.63, 3.8) is 0 Å². The van der Waals surface area contributed by atoms with E-state index < -0.39 is 0 Å².